The molecule has 2 aromatic rings. The van der Waals surface area contributed by atoms with Crippen molar-refractivity contribution >= 4 is 22.3 Å². The number of nitrogens with zero attached hydrogens (tertiary/aromatic N) is 3. The van der Waals surface area contributed by atoms with Gasteiger partial charge in [-0.1, -0.05) is 18.2 Å². The fourth-order valence-electron chi connectivity index (χ4n) is 1.90. The third-order valence-electron chi connectivity index (χ3n) is 2.65. The van der Waals surface area contributed by atoms with Crippen molar-refractivity contribution < 1.29 is 0 Å². The van der Waals surface area contributed by atoms with Gasteiger partial charge in [0.15, 0.2) is 0 Å². The molecule has 0 radical (unpaired) electrons. The smallest absolute Gasteiger partial charge is 0.148 e. The first-order chi connectivity index (χ1) is 8.20. The summed E-state index contributed by atoms with van der Waals surface area (Å²) in [4.78, 5) is 0. The predicted molar refractivity (Wildman–Crippen MR) is 66.6 cm³/mol. The first kappa shape index (κ1) is 10.8. The number of hydrogen-bond acceptors (Lipinski definition) is 3. The van der Waals surface area contributed by atoms with E-state index in [1.165, 1.54) is 6.08 Å². The lowest BCUT2D eigenvalue weighted by atomic mass is 10.2. The fraction of sp³-hybridized carbons (Fsp3) is 0.0769. The third-order valence-corrected chi connectivity index (χ3v) is 2.65. The molecule has 17 heavy (non-hydrogen) atoms. The number of nitrogen functional groups attached to an aromatic ring is 1. The first-order valence-corrected chi connectivity index (χ1v) is 5.06. The average molecular weight is 222 g/mol. The molecule has 0 bridgehead atoms. The SMILES string of the molecule is CC(=CC#N)n1c(C#N)c(N)c2ccccc21. The summed E-state index contributed by atoms with van der Waals surface area (Å²) in [5.74, 6) is 0. The first-order valence-electron chi connectivity index (χ1n) is 5.06. The van der Waals surface area contributed by atoms with Crippen molar-refractivity contribution in [2.45, 2.75) is 6.92 Å². The summed E-state index contributed by atoms with van der Waals surface area (Å²) in [7, 11) is 0. The number of benzene rings is 1. The highest BCUT2D eigenvalue weighted by atomic mass is 15.0. The highest BCUT2D eigenvalue weighted by molar-refractivity contribution is 5.97. The van der Waals surface area contributed by atoms with Crippen LogP contribution in [0.2, 0.25) is 0 Å². The lowest BCUT2D eigenvalue weighted by molar-refractivity contribution is 1.12. The molecule has 82 valence electrons. The van der Waals surface area contributed by atoms with Crippen molar-refractivity contribution in [2.75, 3.05) is 5.73 Å². The molecule has 0 saturated heterocycles. The highest BCUT2D eigenvalue weighted by Crippen LogP contribution is 2.30. The molecule has 0 fully saturated rings. The molecule has 1 aromatic heterocycles. The van der Waals surface area contributed by atoms with E-state index < -0.39 is 0 Å². The zero-order valence-corrected chi connectivity index (χ0v) is 9.31. The van der Waals surface area contributed by atoms with Gasteiger partial charge in [0.05, 0.1) is 17.3 Å². The maximum Gasteiger partial charge on any atom is 0.148 e. The van der Waals surface area contributed by atoms with Gasteiger partial charge >= 0.3 is 0 Å². The van der Waals surface area contributed by atoms with Crippen LogP contribution in [-0.4, -0.2) is 4.57 Å². The highest BCUT2D eigenvalue weighted by Gasteiger charge is 2.14. The average Bonchev–Trinajstić information content (AvgIpc) is 2.63. The van der Waals surface area contributed by atoms with Crippen LogP contribution >= 0.6 is 0 Å². The molecule has 1 heterocycles. The normalized spacial score (nSPS) is 11.1. The molecule has 0 saturated carbocycles. The topological polar surface area (TPSA) is 78.5 Å². The number of nitriles is 2. The molecule has 4 nitrogen and oxygen atoms in total. The Labute approximate surface area is 98.8 Å². The van der Waals surface area contributed by atoms with E-state index in [2.05, 4.69) is 6.07 Å². The Balaban J connectivity index is 2.92. The van der Waals surface area contributed by atoms with E-state index in [1.54, 1.807) is 11.5 Å². The summed E-state index contributed by atoms with van der Waals surface area (Å²) >= 11 is 0. The van der Waals surface area contributed by atoms with Crippen LogP contribution in [0.4, 0.5) is 5.69 Å². The van der Waals surface area contributed by atoms with Gasteiger partial charge in [0.2, 0.25) is 0 Å². The number of allylic oxidation sites excluding steroid dienone is 2. The quantitative estimate of drug-likeness (QED) is 0.753. The van der Waals surface area contributed by atoms with Crippen LogP contribution in [0, 0.1) is 22.7 Å². The van der Waals surface area contributed by atoms with Gasteiger partial charge in [-0.05, 0) is 13.0 Å². The van der Waals surface area contributed by atoms with E-state index in [-0.39, 0.29) is 0 Å². The zero-order valence-electron chi connectivity index (χ0n) is 9.31. The van der Waals surface area contributed by atoms with Gasteiger partial charge in [-0.2, -0.15) is 10.5 Å². The fourth-order valence-corrected chi connectivity index (χ4v) is 1.90. The minimum absolute atomic E-state index is 0.371. The predicted octanol–water partition coefficient (Wildman–Crippen LogP) is 2.48. The standard InChI is InChI=1S/C13H10N4/c1-9(6-7-14)17-11-5-3-2-4-10(11)13(16)12(17)8-15/h2-6H,16H2,1H3. The molecule has 4 heteroatoms. The number of anilines is 1. The van der Waals surface area contributed by atoms with Gasteiger partial charge in [0, 0.05) is 17.2 Å². The van der Waals surface area contributed by atoms with Crippen LogP contribution in [0.5, 0.6) is 0 Å². The monoisotopic (exact) mass is 222 g/mol. The minimum atomic E-state index is 0.371. The molecule has 0 aliphatic heterocycles. The second-order valence-corrected chi connectivity index (χ2v) is 3.64. The molecule has 2 N–H and O–H groups in total. The van der Waals surface area contributed by atoms with E-state index in [4.69, 9.17) is 16.3 Å². The van der Waals surface area contributed by atoms with Crippen LogP contribution in [0.15, 0.2) is 30.3 Å². The second-order valence-electron chi connectivity index (χ2n) is 3.64. The molecule has 0 amide bonds. The summed E-state index contributed by atoms with van der Waals surface area (Å²) in [5, 5.41) is 18.7. The van der Waals surface area contributed by atoms with Crippen molar-refractivity contribution in [3.8, 4) is 12.1 Å². The largest absolute Gasteiger partial charge is 0.396 e. The minimum Gasteiger partial charge on any atom is -0.396 e. The van der Waals surface area contributed by atoms with Gasteiger partial charge in [-0.25, -0.2) is 0 Å². The molecule has 0 unspecified atom stereocenters. The van der Waals surface area contributed by atoms with E-state index in [0.29, 0.717) is 17.1 Å². The van der Waals surface area contributed by atoms with Gasteiger partial charge in [0.1, 0.15) is 11.8 Å². The number of hydrogen-bond donors (Lipinski definition) is 1. The molecule has 0 aliphatic rings. The van der Waals surface area contributed by atoms with Crippen molar-refractivity contribution in [3.05, 3.63) is 36.0 Å². The molecule has 0 aliphatic carbocycles. The summed E-state index contributed by atoms with van der Waals surface area (Å²) in [6.45, 7) is 1.77. The van der Waals surface area contributed by atoms with Gasteiger partial charge < -0.3 is 10.3 Å². The van der Waals surface area contributed by atoms with Crippen molar-refractivity contribution in [3.63, 3.8) is 0 Å². The van der Waals surface area contributed by atoms with Gasteiger partial charge in [-0.3, -0.25) is 0 Å². The van der Waals surface area contributed by atoms with E-state index in [1.807, 2.05) is 30.3 Å². The van der Waals surface area contributed by atoms with E-state index in [9.17, 15) is 0 Å². The lowest BCUT2D eigenvalue weighted by Crippen LogP contribution is -1.98. The molecule has 0 spiro atoms. The van der Waals surface area contributed by atoms with Crippen molar-refractivity contribution in [1.29, 1.82) is 10.5 Å². The van der Waals surface area contributed by atoms with Crippen LogP contribution in [0.25, 0.3) is 16.6 Å². The maximum atomic E-state index is 9.16. The van der Waals surface area contributed by atoms with Gasteiger partial charge in [0.25, 0.3) is 0 Å². The van der Waals surface area contributed by atoms with E-state index >= 15 is 0 Å². The molecular formula is C13H10N4. The van der Waals surface area contributed by atoms with Crippen LogP contribution in [-0.2, 0) is 0 Å². The Hall–Kier alpha value is -2.72. The Morgan fingerprint density at radius 1 is 1.35 bits per heavy atom. The van der Waals surface area contributed by atoms with Gasteiger partial charge in [-0.15, -0.1) is 0 Å². The molecule has 0 atom stereocenters. The van der Waals surface area contributed by atoms with Crippen LogP contribution < -0.4 is 5.73 Å². The number of nitrogens with two attached hydrogens (primary N) is 1. The summed E-state index contributed by atoms with van der Waals surface area (Å²) in [6, 6.07) is 11.5. The van der Waals surface area contributed by atoms with Crippen LogP contribution in [0.1, 0.15) is 12.6 Å². The summed E-state index contributed by atoms with van der Waals surface area (Å²) < 4.78 is 1.70. The number of rotatable bonds is 1. The Morgan fingerprint density at radius 3 is 2.71 bits per heavy atom. The molecular weight excluding hydrogens is 212 g/mol. The summed E-state index contributed by atoms with van der Waals surface area (Å²) in [5.41, 5.74) is 8.27. The zero-order chi connectivity index (χ0) is 12.4. The third kappa shape index (κ3) is 1.53. The van der Waals surface area contributed by atoms with Crippen LogP contribution in [0.3, 0.4) is 0 Å². The Bertz CT molecular complexity index is 693. The van der Waals surface area contributed by atoms with Crippen molar-refractivity contribution in [2.24, 2.45) is 0 Å². The Kier molecular flexibility index (Phi) is 2.56. The van der Waals surface area contributed by atoms with Crippen molar-refractivity contribution in [1.82, 2.24) is 4.57 Å². The molecule has 1 aromatic carbocycles. The number of para-hydroxylation sites is 1. The maximum absolute atomic E-state index is 9.16. The number of fused-ring (bicyclic) bond motifs is 1. The second kappa shape index (κ2) is 4.03. The number of aromatic nitrogens is 1. The molecule has 2 rings (SSSR count). The lowest BCUT2D eigenvalue weighted by Gasteiger charge is -2.05. The van der Waals surface area contributed by atoms with E-state index in [0.717, 1.165) is 10.9 Å². The summed E-state index contributed by atoms with van der Waals surface area (Å²) in [6.07, 6.45) is 1.40. The Morgan fingerprint density at radius 2 is 2.06 bits per heavy atom.